The van der Waals surface area contributed by atoms with Gasteiger partial charge in [-0.05, 0) is 127 Å². The number of hydrogen-bond acceptors (Lipinski definition) is 2. The molecule has 208 valence electrons. The second-order valence-electron chi connectivity index (χ2n) is 9.56. The number of para-hydroxylation sites is 2. The molecule has 0 aliphatic rings. The first kappa shape index (κ1) is 34.6. The van der Waals surface area contributed by atoms with Crippen LogP contribution in [0.1, 0.15) is 0 Å². The van der Waals surface area contributed by atoms with Gasteiger partial charge in [0.15, 0.2) is 0 Å². The zero-order valence-corrected chi connectivity index (χ0v) is 33.6. The Morgan fingerprint density at radius 2 is 1.02 bits per heavy atom. The van der Waals surface area contributed by atoms with E-state index in [2.05, 4.69) is 186 Å². The maximum atomic E-state index is 4.59. The minimum atomic E-state index is 0. The average Bonchev–Trinajstić information content (AvgIpc) is 3.62. The van der Waals surface area contributed by atoms with E-state index in [4.69, 9.17) is 0 Å². The van der Waals surface area contributed by atoms with E-state index in [1.807, 2.05) is 12.4 Å². The molecular weight excluding hydrogens is 991 g/mol. The Morgan fingerprint density at radius 3 is 1.58 bits per heavy atom. The first-order valence-electron chi connectivity index (χ1n) is 12.9. The van der Waals surface area contributed by atoms with Gasteiger partial charge in [-0.2, -0.15) is 0 Å². The van der Waals surface area contributed by atoms with Crippen molar-refractivity contribution >= 4 is 88.5 Å². The first-order chi connectivity index (χ1) is 19.6. The topological polar surface area (TPSA) is 35.6 Å². The van der Waals surface area contributed by atoms with Gasteiger partial charge in [0.05, 0.1) is 11.0 Å². The van der Waals surface area contributed by atoms with Crippen molar-refractivity contribution in [3.8, 4) is 11.6 Å². The molecule has 0 spiro atoms. The second-order valence-corrected chi connectivity index (χ2v) is 12.0. The minimum Gasteiger partial charge on any atom is -1.00 e. The van der Waals surface area contributed by atoms with Crippen LogP contribution in [0.25, 0.3) is 55.0 Å². The Morgan fingerprint density at radius 1 is 0.535 bits per heavy atom. The van der Waals surface area contributed by atoms with E-state index in [1.54, 1.807) is 0 Å². The minimum absolute atomic E-state index is 0. The van der Waals surface area contributed by atoms with E-state index < -0.39 is 0 Å². The van der Waals surface area contributed by atoms with Crippen LogP contribution in [-0.2, 0) is 0 Å². The van der Waals surface area contributed by atoms with Crippen LogP contribution in [0.3, 0.4) is 0 Å². The molecule has 0 aliphatic carbocycles. The van der Waals surface area contributed by atoms with Crippen LogP contribution in [0.15, 0.2) is 134 Å². The average molecular weight is 1010 g/mol. The quantitative estimate of drug-likeness (QED) is 0.188. The third-order valence-corrected chi connectivity index (χ3v) is 8.37. The summed E-state index contributed by atoms with van der Waals surface area (Å²) in [4.78, 5) is 9.18. The molecule has 0 aliphatic heterocycles. The number of hydrogen-bond donors (Lipinski definition) is 0. The number of aromatic nitrogens is 4. The van der Waals surface area contributed by atoms with Crippen LogP contribution < -0.4 is 77.5 Å². The fourth-order valence-corrected chi connectivity index (χ4v) is 6.06. The smallest absolute Gasteiger partial charge is 1.00 e. The van der Waals surface area contributed by atoms with E-state index in [0.717, 1.165) is 11.6 Å². The van der Waals surface area contributed by atoms with Gasteiger partial charge in [-0.3, -0.25) is 0 Å². The number of fused-ring (bicyclic) bond motifs is 4. The number of halogens is 4. The van der Waals surface area contributed by atoms with Crippen LogP contribution in [0.5, 0.6) is 0 Å². The fraction of sp³-hybridized carbons (Fsp3) is 0. The predicted octanol–water partition coefficient (Wildman–Crippen LogP) is 0.579. The summed E-state index contributed by atoms with van der Waals surface area (Å²) in [6, 6.07) is 38.1. The molecule has 9 heteroatoms. The van der Waals surface area contributed by atoms with Gasteiger partial charge >= 0.3 is 29.6 Å². The molecule has 43 heavy (non-hydrogen) atoms. The normalized spacial score (nSPS) is 10.5. The summed E-state index contributed by atoms with van der Waals surface area (Å²) >= 11 is 4.68. The van der Waals surface area contributed by atoms with E-state index in [0.29, 0.717) is 0 Å². The van der Waals surface area contributed by atoms with Crippen molar-refractivity contribution in [1.82, 2.24) is 19.1 Å². The van der Waals surface area contributed by atoms with Gasteiger partial charge in [0.1, 0.15) is 11.6 Å². The number of rotatable bonds is 2. The molecule has 8 rings (SSSR count). The number of pyridine rings is 2. The third-order valence-electron chi connectivity index (χ3n) is 7.03. The fourth-order valence-electron chi connectivity index (χ4n) is 5.03. The predicted molar refractivity (Wildman–Crippen MR) is 183 cm³/mol. The van der Waals surface area contributed by atoms with Gasteiger partial charge in [0, 0.05) is 42.7 Å². The Labute approximate surface area is 333 Å². The molecule has 0 radical (unpaired) electrons. The molecule has 8 aromatic rings. The molecule has 4 heterocycles. The zero-order valence-electron chi connectivity index (χ0n) is 23.0. The Kier molecular flexibility index (Phi) is 12.3. The van der Waals surface area contributed by atoms with E-state index in [9.17, 15) is 0 Å². The maximum Gasteiger partial charge on any atom is 1.00 e. The number of nitrogens with zero attached hydrogens (tertiary/aromatic N) is 4. The Balaban J connectivity index is 0.000000184. The van der Waals surface area contributed by atoms with Gasteiger partial charge in [-0.25, -0.2) is 9.97 Å². The van der Waals surface area contributed by atoms with Crippen LogP contribution >= 0.6 is 45.2 Å². The monoisotopic (exact) mass is 1010 g/mol. The van der Waals surface area contributed by atoms with Gasteiger partial charge < -0.3 is 57.1 Å². The maximum absolute atomic E-state index is 4.59. The summed E-state index contributed by atoms with van der Waals surface area (Å²) in [5.41, 5.74) is 2.37. The molecule has 0 saturated heterocycles. The van der Waals surface area contributed by atoms with Gasteiger partial charge in [-0.1, -0.05) is 48.5 Å². The molecule has 0 N–H and O–H groups in total. The summed E-state index contributed by atoms with van der Waals surface area (Å²) in [6.45, 7) is 0. The van der Waals surface area contributed by atoms with Gasteiger partial charge in [-0.15, -0.1) is 0 Å². The van der Waals surface area contributed by atoms with E-state index in [1.165, 1.54) is 50.5 Å². The third kappa shape index (κ3) is 7.41. The van der Waals surface area contributed by atoms with Crippen molar-refractivity contribution in [3.63, 3.8) is 0 Å². The van der Waals surface area contributed by atoms with Crippen molar-refractivity contribution in [1.29, 1.82) is 0 Å². The van der Waals surface area contributed by atoms with E-state index >= 15 is 0 Å². The molecule has 0 saturated carbocycles. The standard InChI is InChI=1S/2C17H11IN2.2HI.Na/c2*18-15-6-5-13-11-19-17(10-14(13)9-15)20-8-7-12-3-1-2-4-16(12)20;;;/h2*1-11H;2*1H;/q;;;;+1/p-2/i18-2;;1-2;;. The Hall–Kier alpha value is -1.30. The van der Waals surface area contributed by atoms with Crippen molar-refractivity contribution in [2.45, 2.75) is 0 Å². The van der Waals surface area contributed by atoms with Crippen LogP contribution in [0.4, 0.5) is 0 Å². The molecule has 0 fully saturated rings. The van der Waals surface area contributed by atoms with Crippen LogP contribution in [0.2, 0.25) is 0 Å². The van der Waals surface area contributed by atoms with Crippen LogP contribution in [0, 0.1) is 7.14 Å². The Bertz CT molecular complexity index is 2020. The molecule has 4 aromatic heterocycles. The van der Waals surface area contributed by atoms with Crippen molar-refractivity contribution in [3.05, 3.63) is 141 Å². The molecule has 0 bridgehead atoms. The molecule has 0 atom stereocenters. The van der Waals surface area contributed by atoms with Gasteiger partial charge in [0.25, 0.3) is 0 Å². The zero-order chi connectivity index (χ0) is 27.1. The van der Waals surface area contributed by atoms with Crippen molar-refractivity contribution in [2.75, 3.05) is 0 Å². The molecule has 4 nitrogen and oxygen atoms in total. The summed E-state index contributed by atoms with van der Waals surface area (Å²) in [7, 11) is 0. The van der Waals surface area contributed by atoms with Gasteiger partial charge in [0.2, 0.25) is 0 Å². The summed E-state index contributed by atoms with van der Waals surface area (Å²) < 4.78 is 6.75. The molecular formula is C34H22I4N4Na-. The van der Waals surface area contributed by atoms with Crippen molar-refractivity contribution < 1.29 is 77.5 Å². The second kappa shape index (κ2) is 15.3. The first-order valence-corrected chi connectivity index (χ1v) is 15.0. The number of benzene rings is 4. The molecule has 0 unspecified atom stereocenters. The molecule has 0 amide bonds. The summed E-state index contributed by atoms with van der Waals surface area (Å²) in [5.74, 6) is 1.92. The molecule has 4 aromatic carbocycles. The van der Waals surface area contributed by atoms with Crippen LogP contribution in [-0.4, -0.2) is 19.1 Å². The largest absolute Gasteiger partial charge is 1.00 e. The summed E-state index contributed by atoms with van der Waals surface area (Å²) in [5, 5.41) is 7.25. The van der Waals surface area contributed by atoms with E-state index in [-0.39, 0.29) is 77.5 Å². The SMILES string of the molecule is Ic1ccc2cnc(-n3ccc4ccccc43)cc2c1.[125I-].[125I]c1ccc2cnc(-n3ccc4ccccc43)cc2c1.[I-].[Na+]. The van der Waals surface area contributed by atoms with Crippen molar-refractivity contribution in [2.24, 2.45) is 0 Å². The summed E-state index contributed by atoms with van der Waals surface area (Å²) in [6.07, 6.45) is 8.03.